The Morgan fingerprint density at radius 3 is 2.92 bits per heavy atom. The Morgan fingerprint density at radius 1 is 1.58 bits per heavy atom. The minimum Gasteiger partial charge on any atom is -0.375 e. The van der Waals surface area contributed by atoms with Crippen LogP contribution in [0.5, 0.6) is 0 Å². The topological polar surface area (TPSA) is 12.5 Å². The summed E-state index contributed by atoms with van der Waals surface area (Å²) in [7, 11) is 0. The average molecular weight is 169 g/mol. The highest BCUT2D eigenvalue weighted by atomic mass is 16.5. The summed E-state index contributed by atoms with van der Waals surface area (Å²) < 4.78 is 5.56. The molecule has 70 valence electrons. The second-order valence-corrected chi connectivity index (χ2v) is 4.31. The molecular weight excluding hydrogens is 150 g/mol. The van der Waals surface area contributed by atoms with Crippen LogP contribution in [0.3, 0.4) is 0 Å². The first-order valence-corrected chi connectivity index (χ1v) is 5.15. The van der Waals surface area contributed by atoms with E-state index in [4.69, 9.17) is 4.74 Å². The third-order valence-corrected chi connectivity index (χ3v) is 3.26. The van der Waals surface area contributed by atoms with Crippen molar-refractivity contribution in [1.82, 2.24) is 4.90 Å². The number of rotatable bonds is 3. The minimum absolute atomic E-state index is 0.569. The van der Waals surface area contributed by atoms with Gasteiger partial charge in [0.2, 0.25) is 0 Å². The van der Waals surface area contributed by atoms with Crippen LogP contribution in [0.1, 0.15) is 26.7 Å². The smallest absolute Gasteiger partial charge is 0.0718 e. The van der Waals surface area contributed by atoms with E-state index in [-0.39, 0.29) is 0 Å². The lowest BCUT2D eigenvalue weighted by Crippen LogP contribution is -2.39. The Kier molecular flexibility index (Phi) is 2.37. The lowest BCUT2D eigenvalue weighted by Gasteiger charge is -2.28. The first kappa shape index (κ1) is 8.52. The van der Waals surface area contributed by atoms with Crippen LogP contribution >= 0.6 is 0 Å². The van der Waals surface area contributed by atoms with Crippen molar-refractivity contribution in [2.45, 2.75) is 38.8 Å². The number of fused-ring (bicyclic) bond motifs is 2. The summed E-state index contributed by atoms with van der Waals surface area (Å²) >= 11 is 0. The van der Waals surface area contributed by atoms with E-state index in [0.29, 0.717) is 6.10 Å². The first-order valence-electron chi connectivity index (χ1n) is 5.15. The molecular formula is C10H19NO. The van der Waals surface area contributed by atoms with E-state index < -0.39 is 0 Å². The van der Waals surface area contributed by atoms with Crippen LogP contribution in [0.25, 0.3) is 0 Å². The van der Waals surface area contributed by atoms with Crippen molar-refractivity contribution in [3.8, 4) is 0 Å². The van der Waals surface area contributed by atoms with Crippen molar-refractivity contribution >= 4 is 0 Å². The number of morpholine rings is 1. The largest absolute Gasteiger partial charge is 0.375 e. The quantitative estimate of drug-likeness (QED) is 0.635. The van der Waals surface area contributed by atoms with E-state index in [2.05, 4.69) is 18.7 Å². The van der Waals surface area contributed by atoms with Crippen LogP contribution in [-0.4, -0.2) is 36.7 Å². The second kappa shape index (κ2) is 3.35. The zero-order valence-electron chi connectivity index (χ0n) is 8.12. The molecule has 0 spiro atoms. The Hall–Kier alpha value is -0.0800. The summed E-state index contributed by atoms with van der Waals surface area (Å²) in [6.07, 6.45) is 3.16. The summed E-state index contributed by atoms with van der Waals surface area (Å²) in [5.41, 5.74) is 0. The normalized spacial score (nSPS) is 37.5. The number of nitrogens with zero attached hydrogens (tertiary/aromatic N) is 1. The van der Waals surface area contributed by atoms with E-state index in [0.717, 1.165) is 18.6 Å². The van der Waals surface area contributed by atoms with Crippen molar-refractivity contribution in [2.75, 3.05) is 19.7 Å². The maximum Gasteiger partial charge on any atom is 0.0718 e. The molecule has 2 bridgehead atoms. The minimum atomic E-state index is 0.569. The van der Waals surface area contributed by atoms with Crippen molar-refractivity contribution in [3.63, 3.8) is 0 Å². The Labute approximate surface area is 74.9 Å². The van der Waals surface area contributed by atoms with Crippen LogP contribution in [0, 0.1) is 5.92 Å². The molecule has 0 aromatic carbocycles. The molecule has 0 aromatic heterocycles. The predicted molar refractivity (Wildman–Crippen MR) is 49.2 cm³/mol. The predicted octanol–water partition coefficient (Wildman–Crippen LogP) is 1.51. The van der Waals surface area contributed by atoms with Gasteiger partial charge in [0.15, 0.2) is 0 Å². The Morgan fingerprint density at radius 2 is 2.42 bits per heavy atom. The van der Waals surface area contributed by atoms with E-state index in [1.54, 1.807) is 0 Å². The zero-order valence-corrected chi connectivity index (χ0v) is 8.12. The molecule has 12 heavy (non-hydrogen) atoms. The maximum absolute atomic E-state index is 5.56. The van der Waals surface area contributed by atoms with Gasteiger partial charge in [-0.3, -0.25) is 4.90 Å². The summed E-state index contributed by atoms with van der Waals surface area (Å²) in [6.45, 7) is 8.07. The number of likely N-dealkylation sites (tertiary alicyclic amines) is 1. The highest BCUT2D eigenvalue weighted by Crippen LogP contribution is 2.28. The fourth-order valence-corrected chi connectivity index (χ4v) is 2.23. The molecule has 3 atom stereocenters. The highest BCUT2D eigenvalue weighted by Gasteiger charge is 2.38. The van der Waals surface area contributed by atoms with Gasteiger partial charge in [0.25, 0.3) is 0 Å². The van der Waals surface area contributed by atoms with Crippen molar-refractivity contribution in [1.29, 1.82) is 0 Å². The Bertz CT molecular complexity index is 160. The molecule has 2 aliphatic rings. The van der Waals surface area contributed by atoms with E-state index in [1.165, 1.54) is 25.9 Å². The van der Waals surface area contributed by atoms with Crippen LogP contribution < -0.4 is 0 Å². The van der Waals surface area contributed by atoms with Crippen molar-refractivity contribution < 1.29 is 4.74 Å². The summed E-state index contributed by atoms with van der Waals surface area (Å²) in [5, 5.41) is 0. The molecule has 0 amide bonds. The molecule has 2 nitrogen and oxygen atoms in total. The molecule has 0 saturated carbocycles. The third kappa shape index (κ3) is 1.50. The van der Waals surface area contributed by atoms with Crippen LogP contribution in [0.4, 0.5) is 0 Å². The van der Waals surface area contributed by atoms with Gasteiger partial charge in [-0.15, -0.1) is 0 Å². The lowest BCUT2D eigenvalue weighted by molar-refractivity contribution is 0.0251. The molecule has 0 aliphatic carbocycles. The van der Waals surface area contributed by atoms with Gasteiger partial charge in [0, 0.05) is 19.1 Å². The fourth-order valence-electron chi connectivity index (χ4n) is 2.23. The molecule has 2 heterocycles. The van der Waals surface area contributed by atoms with Gasteiger partial charge in [-0.05, 0) is 12.3 Å². The van der Waals surface area contributed by atoms with E-state index >= 15 is 0 Å². The third-order valence-electron chi connectivity index (χ3n) is 3.26. The summed E-state index contributed by atoms with van der Waals surface area (Å²) in [4.78, 5) is 2.61. The van der Waals surface area contributed by atoms with Crippen LogP contribution in [0.15, 0.2) is 0 Å². The van der Waals surface area contributed by atoms with Crippen molar-refractivity contribution in [3.05, 3.63) is 0 Å². The molecule has 2 aliphatic heterocycles. The summed E-state index contributed by atoms with van der Waals surface area (Å²) in [6, 6.07) is 0.754. The van der Waals surface area contributed by atoms with E-state index in [1.807, 2.05) is 0 Å². The molecule has 2 fully saturated rings. The van der Waals surface area contributed by atoms with Gasteiger partial charge in [-0.25, -0.2) is 0 Å². The van der Waals surface area contributed by atoms with Gasteiger partial charge < -0.3 is 4.74 Å². The molecule has 0 aromatic rings. The molecule has 2 saturated heterocycles. The van der Waals surface area contributed by atoms with Gasteiger partial charge in [-0.2, -0.15) is 0 Å². The number of hydrogen-bond donors (Lipinski definition) is 0. The molecule has 0 N–H and O–H groups in total. The van der Waals surface area contributed by atoms with Crippen molar-refractivity contribution in [2.24, 2.45) is 5.92 Å². The maximum atomic E-state index is 5.56. The second-order valence-electron chi connectivity index (χ2n) is 4.31. The lowest BCUT2D eigenvalue weighted by atomic mass is 10.1. The molecule has 0 radical (unpaired) electrons. The van der Waals surface area contributed by atoms with Gasteiger partial charge in [0.1, 0.15) is 0 Å². The Balaban J connectivity index is 1.82. The van der Waals surface area contributed by atoms with Crippen LogP contribution in [-0.2, 0) is 4.74 Å². The van der Waals surface area contributed by atoms with Gasteiger partial charge in [-0.1, -0.05) is 20.3 Å². The molecule has 2 heteroatoms. The SMILES string of the molecule is CCC(C)CN1CC2CC1CO2. The fraction of sp³-hybridized carbons (Fsp3) is 1.00. The van der Waals surface area contributed by atoms with Gasteiger partial charge in [0.05, 0.1) is 12.7 Å². The number of ether oxygens (including phenoxy) is 1. The zero-order chi connectivity index (χ0) is 8.55. The molecule has 3 unspecified atom stereocenters. The number of hydrogen-bond acceptors (Lipinski definition) is 2. The molecule has 2 rings (SSSR count). The average Bonchev–Trinajstić information content (AvgIpc) is 2.64. The van der Waals surface area contributed by atoms with E-state index in [9.17, 15) is 0 Å². The van der Waals surface area contributed by atoms with Crippen LogP contribution in [0.2, 0.25) is 0 Å². The standard InChI is InChI=1S/C10H19NO/c1-3-8(2)5-11-6-10-4-9(11)7-12-10/h8-10H,3-7H2,1-2H3. The van der Waals surface area contributed by atoms with Gasteiger partial charge >= 0.3 is 0 Å². The summed E-state index contributed by atoms with van der Waals surface area (Å²) in [5.74, 6) is 0.851. The monoisotopic (exact) mass is 169 g/mol. The first-order chi connectivity index (χ1) is 5.79. The highest BCUT2D eigenvalue weighted by molar-refractivity contribution is 4.91.